The van der Waals surface area contributed by atoms with Crippen molar-refractivity contribution in [2.75, 3.05) is 6.61 Å². The standard InChI is InChI=1S/C9H9NO/c10-8-3-1-2-4-9-7(8)5-6-11-9/h1-5H,6,10H2. The first-order chi connectivity index (χ1) is 5.38. The van der Waals surface area contributed by atoms with Crippen LogP contribution in [0, 0.1) is 0 Å². The molecule has 2 heteroatoms. The van der Waals surface area contributed by atoms with Gasteiger partial charge in [-0.2, -0.15) is 0 Å². The van der Waals surface area contributed by atoms with E-state index >= 15 is 0 Å². The van der Waals surface area contributed by atoms with E-state index in [0.29, 0.717) is 6.61 Å². The molecule has 2 aliphatic rings. The van der Waals surface area contributed by atoms with Crippen LogP contribution in [0.4, 0.5) is 0 Å². The van der Waals surface area contributed by atoms with E-state index in [-0.39, 0.29) is 0 Å². The predicted molar refractivity (Wildman–Crippen MR) is 43.5 cm³/mol. The Labute approximate surface area is 65.3 Å². The lowest BCUT2D eigenvalue weighted by Gasteiger charge is -2.01. The van der Waals surface area contributed by atoms with Crippen LogP contribution in [0.1, 0.15) is 0 Å². The van der Waals surface area contributed by atoms with E-state index in [4.69, 9.17) is 10.5 Å². The Balaban J connectivity index is 2.47. The van der Waals surface area contributed by atoms with E-state index in [9.17, 15) is 0 Å². The van der Waals surface area contributed by atoms with Crippen molar-refractivity contribution < 1.29 is 4.74 Å². The summed E-state index contributed by atoms with van der Waals surface area (Å²) in [5.74, 6) is 0.882. The summed E-state index contributed by atoms with van der Waals surface area (Å²) in [6, 6.07) is 0. The van der Waals surface area contributed by atoms with Crippen molar-refractivity contribution in [3.05, 3.63) is 47.4 Å². The lowest BCUT2D eigenvalue weighted by Crippen LogP contribution is -2.00. The van der Waals surface area contributed by atoms with Gasteiger partial charge in [-0.3, -0.25) is 0 Å². The number of allylic oxidation sites excluding steroid dienone is 4. The maximum absolute atomic E-state index is 5.74. The largest absolute Gasteiger partial charge is 0.489 e. The quantitative estimate of drug-likeness (QED) is 0.559. The van der Waals surface area contributed by atoms with Crippen LogP contribution in [-0.2, 0) is 4.74 Å². The first-order valence-electron chi connectivity index (χ1n) is 3.56. The molecule has 0 bridgehead atoms. The number of fused-ring (bicyclic) bond motifs is 1. The summed E-state index contributed by atoms with van der Waals surface area (Å²) >= 11 is 0. The van der Waals surface area contributed by atoms with E-state index in [1.165, 1.54) is 0 Å². The highest BCUT2D eigenvalue weighted by molar-refractivity contribution is 5.49. The number of nitrogens with two attached hydrogens (primary N) is 1. The fourth-order valence-electron chi connectivity index (χ4n) is 1.18. The van der Waals surface area contributed by atoms with Crippen molar-refractivity contribution in [3.63, 3.8) is 0 Å². The zero-order valence-electron chi connectivity index (χ0n) is 6.08. The summed E-state index contributed by atoms with van der Waals surface area (Å²) in [6.45, 7) is 0.642. The van der Waals surface area contributed by atoms with E-state index in [2.05, 4.69) is 0 Å². The Hall–Kier alpha value is -1.44. The molecular formula is C9H9NO. The van der Waals surface area contributed by atoms with E-state index in [1.807, 2.05) is 30.4 Å². The molecule has 0 amide bonds. The van der Waals surface area contributed by atoms with Crippen molar-refractivity contribution in [1.82, 2.24) is 0 Å². The molecule has 2 rings (SSSR count). The molecule has 11 heavy (non-hydrogen) atoms. The third-order valence-corrected chi connectivity index (χ3v) is 1.74. The predicted octanol–water partition coefficient (Wildman–Crippen LogP) is 1.24. The number of hydrogen-bond acceptors (Lipinski definition) is 2. The van der Waals surface area contributed by atoms with Crippen LogP contribution in [0.25, 0.3) is 0 Å². The summed E-state index contributed by atoms with van der Waals surface area (Å²) in [5, 5.41) is 0. The smallest absolute Gasteiger partial charge is 0.128 e. The Kier molecular flexibility index (Phi) is 1.32. The van der Waals surface area contributed by atoms with Gasteiger partial charge in [-0.1, -0.05) is 12.2 Å². The molecule has 1 aliphatic carbocycles. The van der Waals surface area contributed by atoms with Crippen LogP contribution in [0.3, 0.4) is 0 Å². The van der Waals surface area contributed by atoms with Gasteiger partial charge in [-0.25, -0.2) is 0 Å². The van der Waals surface area contributed by atoms with E-state index in [1.54, 1.807) is 0 Å². The zero-order chi connectivity index (χ0) is 7.68. The SMILES string of the molecule is NC1=CC=CC=C2OCC=C12. The van der Waals surface area contributed by atoms with Crippen LogP contribution in [0.5, 0.6) is 0 Å². The zero-order valence-corrected chi connectivity index (χ0v) is 6.08. The van der Waals surface area contributed by atoms with Gasteiger partial charge in [0, 0.05) is 11.3 Å². The van der Waals surface area contributed by atoms with Gasteiger partial charge in [0.2, 0.25) is 0 Å². The first kappa shape index (κ1) is 6.28. The molecule has 2 nitrogen and oxygen atoms in total. The van der Waals surface area contributed by atoms with Gasteiger partial charge in [0.05, 0.1) is 0 Å². The molecule has 1 heterocycles. The van der Waals surface area contributed by atoms with Gasteiger partial charge in [0.15, 0.2) is 0 Å². The van der Waals surface area contributed by atoms with Crippen molar-refractivity contribution in [3.8, 4) is 0 Å². The highest BCUT2D eigenvalue weighted by Gasteiger charge is 2.14. The van der Waals surface area contributed by atoms with Gasteiger partial charge in [0.25, 0.3) is 0 Å². The maximum Gasteiger partial charge on any atom is 0.128 e. The summed E-state index contributed by atoms with van der Waals surface area (Å²) in [7, 11) is 0. The Bertz CT molecular complexity index is 295. The fourth-order valence-corrected chi connectivity index (χ4v) is 1.18. The average Bonchev–Trinajstić information content (AvgIpc) is 2.40. The highest BCUT2D eigenvalue weighted by atomic mass is 16.5. The second kappa shape index (κ2) is 2.31. The molecule has 0 atom stereocenters. The number of ether oxygens (including phenoxy) is 1. The molecule has 1 aliphatic heterocycles. The minimum atomic E-state index is 0.642. The van der Waals surface area contributed by atoms with E-state index in [0.717, 1.165) is 17.0 Å². The number of rotatable bonds is 0. The minimum absolute atomic E-state index is 0.642. The molecule has 0 aromatic heterocycles. The van der Waals surface area contributed by atoms with Gasteiger partial charge >= 0.3 is 0 Å². The van der Waals surface area contributed by atoms with Crippen LogP contribution in [0.2, 0.25) is 0 Å². The monoisotopic (exact) mass is 147 g/mol. The van der Waals surface area contributed by atoms with Gasteiger partial charge in [0.1, 0.15) is 12.4 Å². The molecule has 2 N–H and O–H groups in total. The second-order valence-corrected chi connectivity index (χ2v) is 2.47. The van der Waals surface area contributed by atoms with Crippen LogP contribution >= 0.6 is 0 Å². The molecule has 0 spiro atoms. The van der Waals surface area contributed by atoms with Crippen molar-refractivity contribution in [1.29, 1.82) is 0 Å². The molecular weight excluding hydrogens is 138 g/mol. The first-order valence-corrected chi connectivity index (χ1v) is 3.56. The normalized spacial score (nSPS) is 20.9. The third-order valence-electron chi connectivity index (χ3n) is 1.74. The minimum Gasteiger partial charge on any atom is -0.489 e. The van der Waals surface area contributed by atoms with Gasteiger partial charge < -0.3 is 10.5 Å². The summed E-state index contributed by atoms with van der Waals surface area (Å²) in [4.78, 5) is 0. The van der Waals surface area contributed by atoms with Crippen LogP contribution in [0.15, 0.2) is 47.4 Å². The molecule has 0 fully saturated rings. The summed E-state index contributed by atoms with van der Waals surface area (Å²) in [5.41, 5.74) is 7.54. The van der Waals surface area contributed by atoms with Crippen molar-refractivity contribution in [2.24, 2.45) is 5.73 Å². The molecule has 56 valence electrons. The third kappa shape index (κ3) is 0.963. The second-order valence-electron chi connectivity index (χ2n) is 2.47. The molecule has 0 unspecified atom stereocenters. The van der Waals surface area contributed by atoms with Crippen LogP contribution < -0.4 is 5.73 Å². The average molecular weight is 147 g/mol. The van der Waals surface area contributed by atoms with Crippen LogP contribution in [-0.4, -0.2) is 6.61 Å². The maximum atomic E-state index is 5.74. The highest BCUT2D eigenvalue weighted by Crippen LogP contribution is 2.24. The van der Waals surface area contributed by atoms with Crippen molar-refractivity contribution in [2.45, 2.75) is 0 Å². The molecule has 0 aromatic rings. The molecule has 0 saturated heterocycles. The van der Waals surface area contributed by atoms with E-state index < -0.39 is 0 Å². The Morgan fingerprint density at radius 2 is 2.09 bits per heavy atom. The lowest BCUT2D eigenvalue weighted by molar-refractivity contribution is 0.276. The topological polar surface area (TPSA) is 35.2 Å². The molecule has 0 radical (unpaired) electrons. The summed E-state index contributed by atoms with van der Waals surface area (Å²) in [6.07, 6.45) is 9.63. The Morgan fingerprint density at radius 3 is 3.00 bits per heavy atom. The van der Waals surface area contributed by atoms with Gasteiger partial charge in [-0.15, -0.1) is 0 Å². The molecule has 0 aromatic carbocycles. The fraction of sp³-hybridized carbons (Fsp3) is 0.111. The molecule has 0 saturated carbocycles. The summed E-state index contributed by atoms with van der Waals surface area (Å²) < 4.78 is 5.30. The number of hydrogen-bond donors (Lipinski definition) is 1. The van der Waals surface area contributed by atoms with Gasteiger partial charge in [-0.05, 0) is 18.2 Å². The van der Waals surface area contributed by atoms with Crippen molar-refractivity contribution >= 4 is 0 Å². The lowest BCUT2D eigenvalue weighted by atomic mass is 10.2. The Morgan fingerprint density at radius 1 is 1.27 bits per heavy atom.